The van der Waals surface area contributed by atoms with E-state index in [2.05, 4.69) is 34.8 Å². The van der Waals surface area contributed by atoms with E-state index < -0.39 is 0 Å². The number of carbonyl (C=O) groups is 1. The molecule has 0 radical (unpaired) electrons. The lowest BCUT2D eigenvalue weighted by Gasteiger charge is -2.18. The van der Waals surface area contributed by atoms with E-state index in [0.29, 0.717) is 6.61 Å². The van der Waals surface area contributed by atoms with Crippen LogP contribution in [0.15, 0.2) is 120 Å². The van der Waals surface area contributed by atoms with E-state index in [4.69, 9.17) is 4.74 Å². The average Bonchev–Trinajstić information content (AvgIpc) is 3.67. The number of nitrogens with one attached hydrogen (secondary N) is 1. The van der Waals surface area contributed by atoms with Gasteiger partial charge in [0.15, 0.2) is 0 Å². The van der Waals surface area contributed by atoms with Gasteiger partial charge in [0.2, 0.25) is 5.91 Å². The zero-order valence-corrected chi connectivity index (χ0v) is 18.8. The number of hydrogen-bond donors (Lipinski definition) is 1. The first-order valence-corrected chi connectivity index (χ1v) is 11.5. The van der Waals surface area contributed by atoms with Crippen molar-refractivity contribution in [3.63, 3.8) is 0 Å². The van der Waals surface area contributed by atoms with Crippen molar-refractivity contribution in [1.29, 1.82) is 0 Å². The highest BCUT2D eigenvalue weighted by atomic mass is 16.5. The van der Waals surface area contributed by atoms with Gasteiger partial charge < -0.3 is 4.74 Å². The van der Waals surface area contributed by atoms with E-state index >= 15 is 0 Å². The number of para-hydroxylation sites is 1. The lowest BCUT2D eigenvalue weighted by molar-refractivity contribution is -0.122. The smallest absolute Gasteiger partial charge is 0.244 e. The third-order valence-electron chi connectivity index (χ3n) is 6.39. The van der Waals surface area contributed by atoms with Crippen molar-refractivity contribution in [3.05, 3.63) is 138 Å². The Morgan fingerprint density at radius 2 is 1.38 bits per heavy atom. The first-order chi connectivity index (χ1) is 16.8. The summed E-state index contributed by atoms with van der Waals surface area (Å²) in [6.45, 7) is 0.469. The van der Waals surface area contributed by atoms with Gasteiger partial charge in [0.05, 0.1) is 12.1 Å². The molecule has 1 N–H and O–H groups in total. The molecule has 0 aliphatic heterocycles. The van der Waals surface area contributed by atoms with Gasteiger partial charge >= 0.3 is 0 Å². The largest absolute Gasteiger partial charge is 0.488 e. The molecule has 0 spiro atoms. The quantitative estimate of drug-likeness (QED) is 0.278. The van der Waals surface area contributed by atoms with Gasteiger partial charge in [0.1, 0.15) is 12.4 Å². The molecule has 5 rings (SSSR count). The van der Waals surface area contributed by atoms with Crippen molar-refractivity contribution in [1.82, 2.24) is 5.43 Å². The predicted octanol–water partition coefficient (Wildman–Crippen LogP) is 5.72. The van der Waals surface area contributed by atoms with Crippen LogP contribution in [-0.2, 0) is 16.8 Å². The zero-order valence-electron chi connectivity index (χ0n) is 18.8. The molecule has 4 heteroatoms. The van der Waals surface area contributed by atoms with E-state index in [0.717, 1.165) is 34.4 Å². The Kier molecular flexibility index (Phi) is 6.21. The molecule has 0 heterocycles. The van der Waals surface area contributed by atoms with E-state index in [1.807, 2.05) is 91.0 Å². The predicted molar refractivity (Wildman–Crippen MR) is 135 cm³/mol. The Morgan fingerprint density at radius 3 is 2.03 bits per heavy atom. The minimum Gasteiger partial charge on any atom is -0.488 e. The summed E-state index contributed by atoms with van der Waals surface area (Å²) in [5.41, 5.74) is 6.68. The molecule has 1 saturated carbocycles. The van der Waals surface area contributed by atoms with Gasteiger partial charge in [-0.1, -0.05) is 103 Å². The van der Waals surface area contributed by atoms with E-state index in [-0.39, 0.29) is 17.2 Å². The normalized spacial score (nSPS) is 16.2. The van der Waals surface area contributed by atoms with Crippen molar-refractivity contribution >= 4 is 12.1 Å². The van der Waals surface area contributed by atoms with E-state index in [1.165, 1.54) is 0 Å². The average molecular weight is 447 g/mol. The molecule has 4 nitrogen and oxygen atoms in total. The summed E-state index contributed by atoms with van der Waals surface area (Å²) in [5, 5.41) is 4.27. The summed E-state index contributed by atoms with van der Waals surface area (Å²) in [4.78, 5) is 13.1. The molecule has 0 bridgehead atoms. The Morgan fingerprint density at radius 1 is 0.824 bits per heavy atom. The van der Waals surface area contributed by atoms with Crippen LogP contribution in [0.3, 0.4) is 0 Å². The van der Waals surface area contributed by atoms with Gasteiger partial charge in [0, 0.05) is 11.0 Å². The van der Waals surface area contributed by atoms with Gasteiger partial charge in [-0.25, -0.2) is 5.43 Å². The summed E-state index contributed by atoms with van der Waals surface area (Å²) >= 11 is 0. The minimum absolute atomic E-state index is 0.0772. The molecule has 0 aromatic heterocycles. The fraction of sp³-hybridized carbons (Fsp3) is 0.133. The number of hydrogen-bond acceptors (Lipinski definition) is 3. The van der Waals surface area contributed by atoms with Crippen LogP contribution in [0.4, 0.5) is 0 Å². The Bertz CT molecular complexity index is 1230. The molecule has 1 fully saturated rings. The maximum atomic E-state index is 13.1. The molecular weight excluding hydrogens is 420 g/mol. The molecule has 1 aliphatic carbocycles. The third-order valence-corrected chi connectivity index (χ3v) is 6.39. The van der Waals surface area contributed by atoms with Gasteiger partial charge in [-0.3, -0.25) is 4.79 Å². The van der Waals surface area contributed by atoms with Crippen LogP contribution in [0, 0.1) is 5.92 Å². The highest BCUT2D eigenvalue weighted by Crippen LogP contribution is 2.58. The Hall–Kier alpha value is -4.18. The number of carbonyl (C=O) groups excluding carboxylic acids is 1. The lowest BCUT2D eigenvalue weighted by Crippen LogP contribution is -2.25. The monoisotopic (exact) mass is 446 g/mol. The zero-order chi connectivity index (χ0) is 23.2. The molecule has 0 unspecified atom stereocenters. The topological polar surface area (TPSA) is 50.7 Å². The molecule has 1 aliphatic rings. The van der Waals surface area contributed by atoms with Crippen molar-refractivity contribution < 1.29 is 9.53 Å². The molecule has 1 atom stereocenters. The Labute approximate surface area is 199 Å². The lowest BCUT2D eigenvalue weighted by atomic mass is 9.85. The van der Waals surface area contributed by atoms with Gasteiger partial charge in [-0.2, -0.15) is 5.10 Å². The molecule has 4 aromatic rings. The van der Waals surface area contributed by atoms with Gasteiger partial charge in [-0.15, -0.1) is 0 Å². The summed E-state index contributed by atoms with van der Waals surface area (Å²) in [5.74, 6) is 0.476. The number of rotatable bonds is 8. The molecule has 0 saturated heterocycles. The highest BCUT2D eigenvalue weighted by molar-refractivity contribution is 5.88. The molecule has 1 amide bonds. The summed E-state index contributed by atoms with van der Waals surface area (Å²) in [6, 6.07) is 38.2. The number of benzene rings is 4. The van der Waals surface area contributed by atoms with Crippen molar-refractivity contribution in [3.8, 4) is 5.75 Å². The first-order valence-electron chi connectivity index (χ1n) is 11.5. The van der Waals surface area contributed by atoms with E-state index in [9.17, 15) is 4.79 Å². The number of amides is 1. The molecule has 168 valence electrons. The van der Waals surface area contributed by atoms with Crippen molar-refractivity contribution in [2.75, 3.05) is 0 Å². The highest BCUT2D eigenvalue weighted by Gasteiger charge is 2.60. The third kappa shape index (κ3) is 4.48. The molecular formula is C30H26N2O2. The van der Waals surface area contributed by atoms with Crippen LogP contribution < -0.4 is 10.2 Å². The fourth-order valence-electron chi connectivity index (χ4n) is 4.55. The summed E-state index contributed by atoms with van der Waals surface area (Å²) in [7, 11) is 0. The first kappa shape index (κ1) is 21.7. The van der Waals surface area contributed by atoms with Crippen LogP contribution in [0.5, 0.6) is 5.75 Å². The number of ether oxygens (including phenoxy) is 1. The SMILES string of the molecule is O=C(NN=Cc1ccccc1OCc1ccccc1)[C@@H]1CC1(c1ccccc1)c1ccccc1. The van der Waals surface area contributed by atoms with Crippen LogP contribution in [0.2, 0.25) is 0 Å². The second-order valence-electron chi connectivity index (χ2n) is 8.51. The van der Waals surface area contributed by atoms with Gasteiger partial charge in [0.25, 0.3) is 0 Å². The standard InChI is InChI=1S/C30H26N2O2/c33-29(27-20-30(27,25-15-6-2-7-16-25)26-17-8-3-9-18-26)32-31-21-24-14-10-11-19-28(24)34-22-23-12-4-1-5-13-23/h1-19,21,27H,20,22H2,(H,32,33)/t27-/m0/s1. The summed E-state index contributed by atoms with van der Waals surface area (Å²) < 4.78 is 5.99. The number of hydrazone groups is 1. The van der Waals surface area contributed by atoms with Crippen LogP contribution in [0.1, 0.15) is 28.7 Å². The maximum Gasteiger partial charge on any atom is 0.244 e. The molecule has 34 heavy (non-hydrogen) atoms. The maximum absolute atomic E-state index is 13.1. The van der Waals surface area contributed by atoms with Crippen LogP contribution in [-0.4, -0.2) is 12.1 Å². The Balaban J connectivity index is 1.28. The second-order valence-corrected chi connectivity index (χ2v) is 8.51. The molecule has 4 aromatic carbocycles. The van der Waals surface area contributed by atoms with Gasteiger partial charge in [-0.05, 0) is 35.2 Å². The van der Waals surface area contributed by atoms with Crippen LogP contribution >= 0.6 is 0 Å². The van der Waals surface area contributed by atoms with Crippen molar-refractivity contribution in [2.45, 2.75) is 18.4 Å². The van der Waals surface area contributed by atoms with E-state index in [1.54, 1.807) is 6.21 Å². The van der Waals surface area contributed by atoms with Crippen LogP contribution in [0.25, 0.3) is 0 Å². The second kappa shape index (κ2) is 9.75. The summed E-state index contributed by atoms with van der Waals surface area (Å²) in [6.07, 6.45) is 2.41. The minimum atomic E-state index is -0.307. The number of nitrogens with zero attached hydrogens (tertiary/aromatic N) is 1. The van der Waals surface area contributed by atoms with Crippen molar-refractivity contribution in [2.24, 2.45) is 11.0 Å². The fourth-order valence-corrected chi connectivity index (χ4v) is 4.55.